The van der Waals surface area contributed by atoms with Crippen molar-refractivity contribution in [1.82, 2.24) is 19.6 Å². The van der Waals surface area contributed by atoms with E-state index < -0.39 is 49.5 Å². The first kappa shape index (κ1) is 45.7. The Balaban J connectivity index is 0.945. The van der Waals surface area contributed by atoms with E-state index in [0.717, 1.165) is 43.9 Å². The summed E-state index contributed by atoms with van der Waals surface area (Å²) < 4.78 is 48.0. The molecule has 1 amide bonds. The van der Waals surface area contributed by atoms with Crippen LogP contribution in [0.25, 0.3) is 11.0 Å². The van der Waals surface area contributed by atoms with Gasteiger partial charge in [0.1, 0.15) is 24.1 Å². The number of piperazine rings is 1. The molecule has 5 aliphatic rings. The first-order valence-electron chi connectivity index (χ1n) is 22.9. The first-order chi connectivity index (χ1) is 32.6. The van der Waals surface area contributed by atoms with Gasteiger partial charge in [0.25, 0.3) is 21.6 Å². The van der Waals surface area contributed by atoms with Crippen LogP contribution in [-0.2, 0) is 19.5 Å². The number of pyridine rings is 1. The van der Waals surface area contributed by atoms with Gasteiger partial charge in [-0.25, -0.2) is 18.1 Å². The van der Waals surface area contributed by atoms with Crippen LogP contribution in [-0.4, -0.2) is 118 Å². The molecule has 3 N–H and O–H groups in total. The molecule has 6 heterocycles. The van der Waals surface area contributed by atoms with Crippen molar-refractivity contribution < 1.29 is 37.1 Å². The summed E-state index contributed by atoms with van der Waals surface area (Å²) in [5, 5.41) is 17.0. The zero-order valence-corrected chi connectivity index (χ0v) is 39.6. The largest absolute Gasteiger partial charge is 0.489 e. The van der Waals surface area contributed by atoms with Crippen LogP contribution < -0.4 is 24.6 Å². The van der Waals surface area contributed by atoms with Gasteiger partial charge in [0, 0.05) is 85.5 Å². The molecule has 2 aromatic heterocycles. The fraction of sp³-hybridized carbons (Fsp3) is 0.408. The zero-order chi connectivity index (χ0) is 47.5. The number of hydrogen-bond acceptors (Lipinski definition) is 14. The summed E-state index contributed by atoms with van der Waals surface area (Å²) >= 11 is 6.27. The standard InChI is InChI=1S/C49H53ClN8O9S/c1-29-25-57(40-20-31-11-13-51-47(31)53-45(40)46(29)59)39-9-8-34(56-16-14-55(15-17-56)26-32-10-12-49(2,3)24-37(32)30-4-6-33(50)7-5-30)21-36(39)48(60)54-68(63,64)35-22-41(58(61)62)44-42(23-35)67-27-38(52-44)43-28-65-18-19-66-43/h4-11,13,20-23,29,37-38,43,52H,12,14-19,24-28H2,1-3H3,(H,51,53)(H,54,60)/t29-,37?,38?,43-/m1/s1. The zero-order valence-electron chi connectivity index (χ0n) is 38.0. The summed E-state index contributed by atoms with van der Waals surface area (Å²) in [6.07, 6.45) is 5.73. The van der Waals surface area contributed by atoms with Crippen LogP contribution in [0.3, 0.4) is 0 Å². The summed E-state index contributed by atoms with van der Waals surface area (Å²) in [5.74, 6) is -1.41. The lowest BCUT2D eigenvalue weighted by atomic mass is 9.70. The van der Waals surface area contributed by atoms with Gasteiger partial charge in [0.15, 0.2) is 17.2 Å². The highest BCUT2D eigenvalue weighted by Gasteiger charge is 2.38. The molecule has 4 aliphatic heterocycles. The number of ketones is 1. The van der Waals surface area contributed by atoms with Crippen molar-refractivity contribution in [3.05, 3.63) is 117 Å². The average Bonchev–Trinajstić information content (AvgIpc) is 3.80. The maximum absolute atomic E-state index is 14.7. The highest BCUT2D eigenvalue weighted by atomic mass is 35.5. The second kappa shape index (κ2) is 18.1. The molecule has 0 saturated carbocycles. The summed E-state index contributed by atoms with van der Waals surface area (Å²) in [6, 6.07) is 18.8. The number of halogens is 1. The van der Waals surface area contributed by atoms with E-state index in [1.54, 1.807) is 25.3 Å². The number of rotatable bonds is 10. The lowest BCUT2D eigenvalue weighted by Gasteiger charge is -2.40. The molecular weight excluding hydrogens is 912 g/mol. The van der Waals surface area contributed by atoms with Crippen LogP contribution in [0.5, 0.6) is 5.75 Å². The third-order valence-corrected chi connectivity index (χ3v) is 15.4. The molecule has 0 bridgehead atoms. The summed E-state index contributed by atoms with van der Waals surface area (Å²) in [7, 11) is -4.75. The normalized spacial score (nSPS) is 22.9. The number of H-pyrrole nitrogens is 1. The number of fused-ring (bicyclic) bond motifs is 3. The van der Waals surface area contributed by atoms with E-state index in [1.165, 1.54) is 17.2 Å². The maximum atomic E-state index is 14.7. The molecular formula is C49H53ClN8O9S. The topological polar surface area (TPSA) is 202 Å². The van der Waals surface area contributed by atoms with Crippen LogP contribution in [0.2, 0.25) is 5.02 Å². The van der Waals surface area contributed by atoms with Crippen LogP contribution in [0.4, 0.5) is 28.4 Å². The number of Topliss-reactive ketones (excluding diaryl/α,β-unsaturated/α-hetero) is 1. The molecule has 356 valence electrons. The number of nitro benzene ring substituents is 1. The Labute approximate surface area is 399 Å². The molecule has 68 heavy (non-hydrogen) atoms. The van der Waals surface area contributed by atoms with Crippen LogP contribution in [0.1, 0.15) is 65.9 Å². The van der Waals surface area contributed by atoms with Gasteiger partial charge >= 0.3 is 0 Å². The molecule has 10 rings (SSSR count). The van der Waals surface area contributed by atoms with Gasteiger partial charge in [-0.3, -0.25) is 24.6 Å². The van der Waals surface area contributed by atoms with E-state index in [9.17, 15) is 28.1 Å². The number of allylic oxidation sites excluding steroid dienone is 1. The fourth-order valence-corrected chi connectivity index (χ4v) is 11.2. The fourth-order valence-electron chi connectivity index (χ4n) is 10.1. The molecule has 0 spiro atoms. The smallest absolute Gasteiger partial charge is 0.297 e. The number of ether oxygens (including phenoxy) is 3. The number of nitrogens with one attached hydrogen (secondary N) is 3. The number of nitro groups is 1. The van der Waals surface area contributed by atoms with Crippen molar-refractivity contribution in [3.8, 4) is 5.75 Å². The number of aromatic amines is 1. The van der Waals surface area contributed by atoms with Gasteiger partial charge in [0.2, 0.25) is 0 Å². The highest BCUT2D eigenvalue weighted by molar-refractivity contribution is 7.90. The number of hydrogen-bond donors (Lipinski definition) is 3. The predicted molar refractivity (Wildman–Crippen MR) is 258 cm³/mol. The Morgan fingerprint density at radius 2 is 1.81 bits per heavy atom. The molecule has 5 aromatic rings. The molecule has 1 aliphatic carbocycles. The number of carbonyl (C=O) groups excluding carboxylic acids is 2. The summed E-state index contributed by atoms with van der Waals surface area (Å²) in [6.45, 7) is 11.3. The molecule has 2 unspecified atom stereocenters. The van der Waals surface area contributed by atoms with E-state index in [2.05, 4.69) is 61.9 Å². The monoisotopic (exact) mass is 964 g/mol. The molecule has 2 saturated heterocycles. The van der Waals surface area contributed by atoms with E-state index in [-0.39, 0.29) is 59.6 Å². The minimum absolute atomic E-state index is 0.000794. The SMILES string of the molecule is C[C@@H]1CN(c2ccc(N3CCN(CC4=CCC(C)(C)CC4c4ccc(Cl)cc4)CC3)cc2C(=O)NS(=O)(=O)c2cc3c(c([N+](=O)[O-])c2)NC([C@H]2COCCO2)CO3)c2cc3cc[nH]c3nc2C1=O. The Morgan fingerprint density at radius 1 is 1.01 bits per heavy atom. The minimum Gasteiger partial charge on any atom is -0.489 e. The number of sulfonamides is 1. The van der Waals surface area contributed by atoms with Crippen molar-refractivity contribution in [1.29, 1.82) is 0 Å². The molecule has 0 radical (unpaired) electrons. The first-order valence-corrected chi connectivity index (χ1v) is 24.8. The van der Waals surface area contributed by atoms with Crippen molar-refractivity contribution in [2.75, 3.05) is 80.8 Å². The van der Waals surface area contributed by atoms with Gasteiger partial charge in [-0.05, 0) is 66.3 Å². The van der Waals surface area contributed by atoms with Gasteiger partial charge < -0.3 is 34.3 Å². The van der Waals surface area contributed by atoms with Crippen LogP contribution in [0.15, 0.2) is 89.5 Å². The Kier molecular flexibility index (Phi) is 12.2. The Hall–Kier alpha value is -6.05. The summed E-state index contributed by atoms with van der Waals surface area (Å²) in [4.78, 5) is 53.7. The van der Waals surface area contributed by atoms with Gasteiger partial charge in [-0.15, -0.1) is 0 Å². The highest BCUT2D eigenvalue weighted by Crippen LogP contribution is 2.45. The lowest BCUT2D eigenvalue weighted by Crippen LogP contribution is -2.47. The third kappa shape index (κ3) is 9.02. The number of aromatic nitrogens is 2. The van der Waals surface area contributed by atoms with Crippen molar-refractivity contribution >= 4 is 72.8 Å². The minimum atomic E-state index is -4.75. The van der Waals surface area contributed by atoms with Crippen LogP contribution >= 0.6 is 11.6 Å². The number of anilines is 4. The van der Waals surface area contributed by atoms with E-state index in [1.807, 2.05) is 35.2 Å². The maximum Gasteiger partial charge on any atom is 0.297 e. The van der Waals surface area contributed by atoms with E-state index in [0.29, 0.717) is 54.0 Å². The van der Waals surface area contributed by atoms with Gasteiger partial charge in [0.05, 0.1) is 52.6 Å². The number of nitrogens with zero attached hydrogens (tertiary/aromatic N) is 5. The quantitative estimate of drug-likeness (QED) is 0.0708. The second-order valence-corrected chi connectivity index (χ2v) is 21.2. The van der Waals surface area contributed by atoms with E-state index in [4.69, 9.17) is 25.8 Å². The predicted octanol–water partition coefficient (Wildman–Crippen LogP) is 7.45. The van der Waals surface area contributed by atoms with Crippen molar-refractivity contribution in [2.45, 2.75) is 56.6 Å². The number of benzene rings is 3. The summed E-state index contributed by atoms with van der Waals surface area (Å²) in [5.41, 5.74) is 4.63. The molecule has 4 atom stereocenters. The molecule has 2 fully saturated rings. The Bertz CT molecular complexity index is 2950. The van der Waals surface area contributed by atoms with E-state index >= 15 is 0 Å². The average molecular weight is 966 g/mol. The third-order valence-electron chi connectivity index (χ3n) is 13.8. The lowest BCUT2D eigenvalue weighted by molar-refractivity contribution is -0.384. The molecule has 3 aromatic carbocycles. The van der Waals surface area contributed by atoms with Gasteiger partial charge in [-0.2, -0.15) is 0 Å². The van der Waals surface area contributed by atoms with Crippen LogP contribution in [0, 0.1) is 21.4 Å². The van der Waals surface area contributed by atoms with Crippen molar-refractivity contribution in [2.24, 2.45) is 11.3 Å². The van der Waals surface area contributed by atoms with Gasteiger partial charge in [-0.1, -0.05) is 56.2 Å². The number of carbonyl (C=O) groups is 2. The Morgan fingerprint density at radius 3 is 2.56 bits per heavy atom. The second-order valence-electron chi connectivity index (χ2n) is 19.1. The number of amides is 1. The molecule has 19 heteroatoms. The van der Waals surface area contributed by atoms with Crippen molar-refractivity contribution in [3.63, 3.8) is 0 Å². The molecule has 17 nitrogen and oxygen atoms in total.